The van der Waals surface area contributed by atoms with Gasteiger partial charge in [-0.15, -0.1) is 16.9 Å². The van der Waals surface area contributed by atoms with Crippen LogP contribution >= 0.6 is 11.8 Å². The van der Waals surface area contributed by atoms with Crippen molar-refractivity contribution in [1.29, 1.82) is 0 Å². The Kier molecular flexibility index (Phi) is 5.89. The summed E-state index contributed by atoms with van der Waals surface area (Å²) < 4.78 is 32.0. The van der Waals surface area contributed by atoms with Crippen LogP contribution in [0, 0.1) is 6.92 Å². The van der Waals surface area contributed by atoms with Crippen LogP contribution in [0.25, 0.3) is 0 Å². The van der Waals surface area contributed by atoms with Gasteiger partial charge in [0.2, 0.25) is 14.9 Å². The van der Waals surface area contributed by atoms with Crippen molar-refractivity contribution < 1.29 is 28.5 Å². The first kappa shape index (κ1) is 20.2. The van der Waals surface area contributed by atoms with Crippen molar-refractivity contribution in [3.63, 3.8) is 0 Å². The molecule has 1 saturated heterocycles. The van der Waals surface area contributed by atoms with Crippen LogP contribution < -0.4 is 0 Å². The maximum atomic E-state index is 12.7. The molecule has 148 valence electrons. The molecule has 27 heavy (non-hydrogen) atoms. The molecular weight excluding hydrogens is 394 g/mol. The maximum Gasteiger partial charge on any atom is 0.227 e. The molecule has 0 spiro atoms. The first-order chi connectivity index (χ1) is 12.8. The molecule has 1 fully saturated rings. The molecule has 0 amide bonds. The second-order valence-electron chi connectivity index (χ2n) is 6.29. The number of thioether (sulfide) groups is 1. The smallest absolute Gasteiger partial charge is 0.227 e. The van der Waals surface area contributed by atoms with E-state index in [2.05, 4.69) is 10.3 Å². The quantitative estimate of drug-likeness (QED) is 0.605. The lowest BCUT2D eigenvalue weighted by molar-refractivity contribution is -0.178. The lowest BCUT2D eigenvalue weighted by Crippen LogP contribution is -2.54. The molecule has 11 heteroatoms. The zero-order valence-corrected chi connectivity index (χ0v) is 16.3. The first-order valence-electron chi connectivity index (χ1n) is 8.18. The number of sulfone groups is 1. The molecule has 5 atom stereocenters. The molecule has 1 aliphatic heterocycles. The highest BCUT2D eigenvalue weighted by Crippen LogP contribution is 2.34. The van der Waals surface area contributed by atoms with Crippen LogP contribution in [-0.2, 0) is 14.6 Å². The third kappa shape index (κ3) is 3.75. The molecule has 1 aliphatic rings. The second kappa shape index (κ2) is 7.86. The van der Waals surface area contributed by atoms with Crippen LogP contribution in [0.2, 0.25) is 0 Å². The third-order valence-corrected chi connectivity index (χ3v) is 6.97. The zero-order chi connectivity index (χ0) is 19.8. The molecule has 2 aromatic rings. The Labute approximate surface area is 160 Å². The highest BCUT2D eigenvalue weighted by Gasteiger charge is 2.46. The lowest BCUT2D eigenvalue weighted by atomic mass is 9.97. The number of hydrogen-bond acceptors (Lipinski definition) is 9. The number of hydrogen-bond donors (Lipinski definition) is 3. The maximum absolute atomic E-state index is 12.7. The van der Waals surface area contributed by atoms with Crippen molar-refractivity contribution in [3.05, 3.63) is 36.0 Å². The van der Waals surface area contributed by atoms with Gasteiger partial charge in [-0.2, -0.15) is 0 Å². The van der Waals surface area contributed by atoms with Gasteiger partial charge in [-0.3, -0.25) is 0 Å². The SMILES string of the molecule is CS[C@@H]1OC(CO)[C@H](O)C(n2cc(S(=O)(=O)c3ccc(C)cc3)nn2)[C@@H]1O. The van der Waals surface area contributed by atoms with Crippen molar-refractivity contribution in [2.24, 2.45) is 0 Å². The number of aliphatic hydroxyl groups is 3. The van der Waals surface area contributed by atoms with E-state index in [-0.39, 0.29) is 9.92 Å². The predicted molar refractivity (Wildman–Crippen MR) is 97.0 cm³/mol. The van der Waals surface area contributed by atoms with E-state index in [1.165, 1.54) is 30.1 Å². The van der Waals surface area contributed by atoms with E-state index in [4.69, 9.17) is 4.74 Å². The molecule has 9 nitrogen and oxygen atoms in total. The summed E-state index contributed by atoms with van der Waals surface area (Å²) in [7, 11) is -3.89. The molecule has 2 unspecified atom stereocenters. The Bertz CT molecular complexity index is 870. The van der Waals surface area contributed by atoms with Gasteiger partial charge in [0.15, 0.2) is 0 Å². The minimum Gasteiger partial charge on any atom is -0.394 e. The molecule has 3 rings (SSSR count). The summed E-state index contributed by atoms with van der Waals surface area (Å²) in [5, 5.41) is 37.6. The summed E-state index contributed by atoms with van der Waals surface area (Å²) in [6.07, 6.45) is -0.508. The van der Waals surface area contributed by atoms with E-state index < -0.39 is 46.2 Å². The molecule has 0 bridgehead atoms. The predicted octanol–water partition coefficient (Wildman–Crippen LogP) is -0.238. The fourth-order valence-electron chi connectivity index (χ4n) is 2.94. The number of ether oxygens (including phenoxy) is 1. The van der Waals surface area contributed by atoms with Gasteiger partial charge in [-0.05, 0) is 25.3 Å². The Morgan fingerprint density at radius 3 is 2.48 bits per heavy atom. The minimum atomic E-state index is -3.89. The number of nitrogens with zero attached hydrogens (tertiary/aromatic N) is 3. The average molecular weight is 415 g/mol. The highest BCUT2D eigenvalue weighted by molar-refractivity contribution is 7.99. The minimum absolute atomic E-state index is 0.0726. The van der Waals surface area contributed by atoms with E-state index in [1.807, 2.05) is 6.92 Å². The Morgan fingerprint density at radius 2 is 1.89 bits per heavy atom. The number of aliphatic hydroxyl groups excluding tert-OH is 3. The molecule has 1 aromatic carbocycles. The summed E-state index contributed by atoms with van der Waals surface area (Å²) in [5.74, 6) is 0. The molecule has 0 radical (unpaired) electrons. The van der Waals surface area contributed by atoms with E-state index in [0.717, 1.165) is 10.2 Å². The number of aromatic nitrogens is 3. The van der Waals surface area contributed by atoms with Crippen molar-refractivity contribution >= 4 is 21.6 Å². The van der Waals surface area contributed by atoms with Crippen molar-refractivity contribution in [1.82, 2.24) is 15.0 Å². The summed E-state index contributed by atoms with van der Waals surface area (Å²) in [5.41, 5.74) is 0.209. The second-order valence-corrected chi connectivity index (χ2v) is 9.12. The fraction of sp³-hybridized carbons (Fsp3) is 0.500. The lowest BCUT2D eigenvalue weighted by Gasteiger charge is -2.41. The van der Waals surface area contributed by atoms with Crippen LogP contribution in [0.15, 0.2) is 40.4 Å². The Balaban J connectivity index is 1.95. The van der Waals surface area contributed by atoms with Crippen LogP contribution in [0.4, 0.5) is 0 Å². The van der Waals surface area contributed by atoms with Gasteiger partial charge in [0.1, 0.15) is 29.8 Å². The van der Waals surface area contributed by atoms with E-state index in [9.17, 15) is 23.7 Å². The molecule has 2 heterocycles. The van der Waals surface area contributed by atoms with Gasteiger partial charge in [0.25, 0.3) is 0 Å². The number of benzene rings is 1. The van der Waals surface area contributed by atoms with Gasteiger partial charge in [-0.1, -0.05) is 22.9 Å². The van der Waals surface area contributed by atoms with Crippen molar-refractivity contribution in [2.45, 2.75) is 46.6 Å². The largest absolute Gasteiger partial charge is 0.394 e. The topological polar surface area (TPSA) is 135 Å². The molecule has 0 aliphatic carbocycles. The van der Waals surface area contributed by atoms with Gasteiger partial charge in [-0.25, -0.2) is 13.1 Å². The first-order valence-corrected chi connectivity index (χ1v) is 11.0. The highest BCUT2D eigenvalue weighted by atomic mass is 32.2. The Hall–Kier alpha value is -1.50. The van der Waals surface area contributed by atoms with Gasteiger partial charge >= 0.3 is 0 Å². The van der Waals surface area contributed by atoms with E-state index >= 15 is 0 Å². The fourth-order valence-corrected chi connectivity index (χ4v) is 4.76. The number of aryl methyl sites for hydroxylation is 1. The standard InChI is InChI=1S/C16H21N3O6S2/c1-9-3-5-10(6-4-9)27(23,24)12-7-19(18-17-12)13-14(21)11(8-20)25-16(26-2)15(13)22/h3-7,11,13-16,20-22H,8H2,1-2H3/t11?,13?,14-,15-,16-/m0/s1. The van der Waals surface area contributed by atoms with E-state index in [0.29, 0.717) is 0 Å². The summed E-state index contributed by atoms with van der Waals surface area (Å²) in [6.45, 7) is 1.39. The summed E-state index contributed by atoms with van der Waals surface area (Å²) in [4.78, 5) is 0.0726. The van der Waals surface area contributed by atoms with E-state index in [1.54, 1.807) is 18.4 Å². The zero-order valence-electron chi connectivity index (χ0n) is 14.7. The normalized spacial score (nSPS) is 29.0. The van der Waals surface area contributed by atoms with Crippen LogP contribution in [0.5, 0.6) is 0 Å². The van der Waals surface area contributed by atoms with Gasteiger partial charge in [0, 0.05) is 0 Å². The van der Waals surface area contributed by atoms with Crippen LogP contribution in [-0.4, -0.2) is 75.3 Å². The molecule has 3 N–H and O–H groups in total. The van der Waals surface area contributed by atoms with Gasteiger partial charge < -0.3 is 20.1 Å². The summed E-state index contributed by atoms with van der Waals surface area (Å²) >= 11 is 1.21. The van der Waals surface area contributed by atoms with Gasteiger partial charge in [0.05, 0.1) is 17.7 Å². The summed E-state index contributed by atoms with van der Waals surface area (Å²) in [6, 6.07) is 5.31. The third-order valence-electron chi connectivity index (χ3n) is 4.48. The number of rotatable bonds is 5. The van der Waals surface area contributed by atoms with Crippen molar-refractivity contribution in [3.8, 4) is 0 Å². The molecule has 1 aromatic heterocycles. The molecule has 0 saturated carbocycles. The van der Waals surface area contributed by atoms with Crippen LogP contribution in [0.3, 0.4) is 0 Å². The molecular formula is C16H21N3O6S2. The monoisotopic (exact) mass is 415 g/mol. The Morgan fingerprint density at radius 1 is 1.22 bits per heavy atom. The average Bonchev–Trinajstić information content (AvgIpc) is 3.13. The van der Waals surface area contributed by atoms with Crippen molar-refractivity contribution in [2.75, 3.05) is 12.9 Å². The van der Waals surface area contributed by atoms with Crippen LogP contribution in [0.1, 0.15) is 11.6 Å².